The topological polar surface area (TPSA) is 115 Å². The highest BCUT2D eigenvalue weighted by Gasteiger charge is 2.40. The summed E-state index contributed by atoms with van der Waals surface area (Å²) in [6, 6.07) is 9.92. The van der Waals surface area contributed by atoms with Gasteiger partial charge in [-0.05, 0) is 29.7 Å². The number of carbonyl (C=O) groups excluding carboxylic acids is 1. The van der Waals surface area contributed by atoms with Crippen LogP contribution in [0.5, 0.6) is 17.2 Å². The number of carboxylic acids is 1. The molecule has 0 fully saturated rings. The van der Waals surface area contributed by atoms with Crippen molar-refractivity contribution in [3.05, 3.63) is 64.0 Å². The molecule has 180 valence electrons. The third kappa shape index (κ3) is 5.66. The highest BCUT2D eigenvalue weighted by Crippen LogP contribution is 2.40. The molecule has 1 aromatic heterocycles. The molecule has 11 heteroatoms. The fourth-order valence-corrected chi connectivity index (χ4v) is 3.06. The van der Waals surface area contributed by atoms with Crippen LogP contribution in [0, 0.1) is 0 Å². The first-order valence-corrected chi connectivity index (χ1v) is 10.0. The minimum Gasteiger partial charge on any atom is -0.484 e. The predicted octanol–water partition coefficient (Wildman–Crippen LogP) is 4.31. The van der Waals surface area contributed by atoms with E-state index in [1.165, 1.54) is 18.2 Å². The molecule has 34 heavy (non-hydrogen) atoms. The van der Waals surface area contributed by atoms with Gasteiger partial charge in [0.15, 0.2) is 6.61 Å². The van der Waals surface area contributed by atoms with Crippen molar-refractivity contribution in [1.82, 2.24) is 5.32 Å². The standard InChI is InChI=1S/C23H20F3NO7/c1-12(2)14-5-3-4-6-16(14)33-21-20(31)15-8-7-13(32-11-18(28)27-10-19(29)30)9-17(15)34-22(21)23(24,25)26/h3-9,12H,10-11H2,1-2H3,(H,27,28)(H,29,30). The van der Waals surface area contributed by atoms with Crippen LogP contribution in [0.25, 0.3) is 11.0 Å². The molecule has 0 atom stereocenters. The minimum absolute atomic E-state index is 0.0620. The number of rotatable bonds is 8. The first-order valence-electron chi connectivity index (χ1n) is 10.0. The Morgan fingerprint density at radius 1 is 1.15 bits per heavy atom. The van der Waals surface area contributed by atoms with Gasteiger partial charge in [0, 0.05) is 6.07 Å². The summed E-state index contributed by atoms with van der Waals surface area (Å²) < 4.78 is 57.0. The van der Waals surface area contributed by atoms with E-state index in [1.54, 1.807) is 18.2 Å². The number of fused-ring (bicyclic) bond motifs is 1. The Kier molecular flexibility index (Phi) is 7.14. The van der Waals surface area contributed by atoms with Crippen LogP contribution in [0.15, 0.2) is 51.7 Å². The lowest BCUT2D eigenvalue weighted by atomic mass is 10.0. The molecule has 8 nitrogen and oxygen atoms in total. The average molecular weight is 479 g/mol. The van der Waals surface area contributed by atoms with Crippen LogP contribution in [0.3, 0.4) is 0 Å². The zero-order chi connectivity index (χ0) is 25.0. The van der Waals surface area contributed by atoms with E-state index in [2.05, 4.69) is 5.32 Å². The Morgan fingerprint density at radius 2 is 1.85 bits per heavy atom. The highest BCUT2D eigenvalue weighted by molar-refractivity contribution is 5.83. The van der Waals surface area contributed by atoms with Crippen molar-refractivity contribution in [2.45, 2.75) is 25.9 Å². The van der Waals surface area contributed by atoms with Gasteiger partial charge < -0.3 is 24.3 Å². The Bertz CT molecular complexity index is 1280. The maximum atomic E-state index is 13.8. The Labute approximate surface area is 190 Å². The summed E-state index contributed by atoms with van der Waals surface area (Å²) in [7, 11) is 0. The molecule has 3 aromatic rings. The van der Waals surface area contributed by atoms with E-state index in [1.807, 2.05) is 13.8 Å². The van der Waals surface area contributed by atoms with Crippen molar-refractivity contribution in [3.63, 3.8) is 0 Å². The van der Waals surface area contributed by atoms with Gasteiger partial charge >= 0.3 is 12.1 Å². The third-order valence-electron chi connectivity index (χ3n) is 4.64. The summed E-state index contributed by atoms with van der Waals surface area (Å²) in [5.74, 6) is -4.66. The van der Waals surface area contributed by atoms with Gasteiger partial charge in [-0.1, -0.05) is 32.0 Å². The molecule has 2 N–H and O–H groups in total. The number of amides is 1. The van der Waals surface area contributed by atoms with Crippen molar-refractivity contribution >= 4 is 22.8 Å². The lowest BCUT2D eigenvalue weighted by Crippen LogP contribution is -2.33. The van der Waals surface area contributed by atoms with Crippen LogP contribution in [0.2, 0.25) is 0 Å². The summed E-state index contributed by atoms with van der Waals surface area (Å²) >= 11 is 0. The Balaban J connectivity index is 1.99. The molecule has 1 heterocycles. The lowest BCUT2D eigenvalue weighted by Gasteiger charge is -2.16. The van der Waals surface area contributed by atoms with Gasteiger partial charge in [-0.3, -0.25) is 14.4 Å². The average Bonchev–Trinajstić information content (AvgIpc) is 2.77. The number of aliphatic carboxylic acids is 1. The van der Waals surface area contributed by atoms with Crippen LogP contribution in [0.4, 0.5) is 13.2 Å². The van der Waals surface area contributed by atoms with E-state index >= 15 is 0 Å². The summed E-state index contributed by atoms with van der Waals surface area (Å²) in [5, 5.41) is 10.4. The van der Waals surface area contributed by atoms with Crippen LogP contribution >= 0.6 is 0 Å². The zero-order valence-corrected chi connectivity index (χ0v) is 18.1. The first-order chi connectivity index (χ1) is 16.0. The quantitative estimate of drug-likeness (QED) is 0.495. The van der Waals surface area contributed by atoms with Crippen molar-refractivity contribution in [2.75, 3.05) is 13.2 Å². The monoisotopic (exact) mass is 479 g/mol. The molecular weight excluding hydrogens is 459 g/mol. The van der Waals surface area contributed by atoms with Crippen LogP contribution < -0.4 is 20.2 Å². The normalized spacial score (nSPS) is 11.5. The van der Waals surface area contributed by atoms with Gasteiger partial charge in [-0.2, -0.15) is 13.2 Å². The van der Waals surface area contributed by atoms with Crippen molar-refractivity contribution in [3.8, 4) is 17.2 Å². The number of alkyl halides is 3. The van der Waals surface area contributed by atoms with Crippen molar-refractivity contribution in [1.29, 1.82) is 0 Å². The van der Waals surface area contributed by atoms with Crippen molar-refractivity contribution < 1.29 is 41.8 Å². The van der Waals surface area contributed by atoms with E-state index in [4.69, 9.17) is 19.0 Å². The molecule has 0 aliphatic heterocycles. The number of halogens is 3. The number of ether oxygens (including phenoxy) is 2. The molecule has 0 unspecified atom stereocenters. The maximum Gasteiger partial charge on any atom is 0.453 e. The number of hydrogen-bond acceptors (Lipinski definition) is 6. The first kappa shape index (κ1) is 24.6. The Morgan fingerprint density at radius 3 is 2.50 bits per heavy atom. The number of benzene rings is 2. The van der Waals surface area contributed by atoms with E-state index in [-0.39, 0.29) is 22.8 Å². The number of nitrogens with one attached hydrogen (secondary N) is 1. The molecule has 3 rings (SSSR count). The van der Waals surface area contributed by atoms with Crippen LogP contribution in [0.1, 0.15) is 31.1 Å². The molecule has 0 aliphatic carbocycles. The smallest absolute Gasteiger partial charge is 0.453 e. The molecule has 2 aromatic carbocycles. The maximum absolute atomic E-state index is 13.8. The predicted molar refractivity (Wildman–Crippen MR) is 114 cm³/mol. The summed E-state index contributed by atoms with van der Waals surface area (Å²) in [5.41, 5.74) is -0.844. The van der Waals surface area contributed by atoms with Gasteiger partial charge in [-0.25, -0.2) is 0 Å². The molecule has 0 saturated heterocycles. The number of carbonyl (C=O) groups is 2. The largest absolute Gasteiger partial charge is 0.484 e. The Hall–Kier alpha value is -4.02. The third-order valence-corrected chi connectivity index (χ3v) is 4.64. The second kappa shape index (κ2) is 9.86. The van der Waals surface area contributed by atoms with E-state index in [0.29, 0.717) is 5.56 Å². The van der Waals surface area contributed by atoms with Crippen LogP contribution in [-0.4, -0.2) is 30.1 Å². The van der Waals surface area contributed by atoms with E-state index in [0.717, 1.165) is 6.07 Å². The second-order valence-corrected chi connectivity index (χ2v) is 7.50. The van der Waals surface area contributed by atoms with E-state index < -0.39 is 53.7 Å². The number of carboxylic acid groups (broad SMARTS) is 1. The zero-order valence-electron chi connectivity index (χ0n) is 18.1. The molecule has 0 spiro atoms. The molecule has 0 bridgehead atoms. The fourth-order valence-electron chi connectivity index (χ4n) is 3.06. The van der Waals surface area contributed by atoms with Gasteiger partial charge in [0.05, 0.1) is 5.39 Å². The summed E-state index contributed by atoms with van der Waals surface area (Å²) in [4.78, 5) is 35.0. The lowest BCUT2D eigenvalue weighted by molar-refractivity contribution is -0.154. The van der Waals surface area contributed by atoms with E-state index in [9.17, 15) is 27.6 Å². The molecule has 0 aliphatic rings. The number of para-hydroxylation sites is 1. The molecular formula is C23H20F3NO7. The number of hydrogen-bond donors (Lipinski definition) is 2. The van der Waals surface area contributed by atoms with Gasteiger partial charge in [0.25, 0.3) is 11.7 Å². The van der Waals surface area contributed by atoms with Gasteiger partial charge in [0.1, 0.15) is 23.6 Å². The second-order valence-electron chi connectivity index (χ2n) is 7.50. The summed E-state index contributed by atoms with van der Waals surface area (Å²) in [6.07, 6.45) is -5.04. The molecule has 0 saturated carbocycles. The molecule has 1 amide bonds. The van der Waals surface area contributed by atoms with Gasteiger partial charge in [-0.15, -0.1) is 0 Å². The highest BCUT2D eigenvalue weighted by atomic mass is 19.4. The SMILES string of the molecule is CC(C)c1ccccc1Oc1c(C(F)(F)F)oc2cc(OCC(=O)NCC(=O)O)ccc2c1=O. The molecule has 0 radical (unpaired) electrons. The van der Waals surface area contributed by atoms with Crippen molar-refractivity contribution in [2.24, 2.45) is 0 Å². The van der Waals surface area contributed by atoms with Crippen LogP contribution in [-0.2, 0) is 15.8 Å². The van der Waals surface area contributed by atoms with Gasteiger partial charge in [0.2, 0.25) is 11.2 Å². The summed E-state index contributed by atoms with van der Waals surface area (Å²) in [6.45, 7) is 2.45. The minimum atomic E-state index is -5.04. The fraction of sp³-hybridized carbons (Fsp3) is 0.261.